The van der Waals surface area contributed by atoms with Crippen LogP contribution in [0.4, 0.5) is 5.69 Å². The lowest BCUT2D eigenvalue weighted by Crippen LogP contribution is -1.90. The maximum atomic E-state index is 10.2. The molecule has 0 heterocycles. The second-order valence-corrected chi connectivity index (χ2v) is 2.23. The molecule has 52 valence electrons. The van der Waals surface area contributed by atoms with Gasteiger partial charge in [-0.15, -0.1) is 0 Å². The summed E-state index contributed by atoms with van der Waals surface area (Å²) in [5, 5.41) is 0. The van der Waals surface area contributed by atoms with Crippen LogP contribution in [0.1, 0.15) is 15.9 Å². The Hall–Kier alpha value is -1.31. The van der Waals surface area contributed by atoms with E-state index in [4.69, 9.17) is 5.73 Å². The highest BCUT2D eigenvalue weighted by Gasteiger charge is 1.93. The summed E-state index contributed by atoms with van der Waals surface area (Å²) in [4.78, 5) is 10.2. The van der Waals surface area contributed by atoms with Crippen LogP contribution in [0.2, 0.25) is 0 Å². The van der Waals surface area contributed by atoms with Gasteiger partial charge < -0.3 is 5.73 Å². The lowest BCUT2D eigenvalue weighted by Gasteiger charge is -1.97. The minimum absolute atomic E-state index is 0.628. The zero-order valence-electron chi connectivity index (χ0n) is 5.79. The summed E-state index contributed by atoms with van der Waals surface area (Å²) >= 11 is 0. The fourth-order valence-corrected chi connectivity index (χ4v) is 0.732. The zero-order valence-corrected chi connectivity index (χ0v) is 5.79. The number of carbonyl (C=O) groups excluding carboxylic acids is 1. The molecule has 0 unspecified atom stereocenters. The van der Waals surface area contributed by atoms with E-state index in [1.165, 1.54) is 0 Å². The molecule has 0 aliphatic rings. The molecule has 0 radical (unpaired) electrons. The number of benzene rings is 1. The first-order chi connectivity index (χ1) is 4.74. The van der Waals surface area contributed by atoms with Crippen molar-refractivity contribution in [2.75, 3.05) is 5.73 Å². The predicted molar refractivity (Wildman–Crippen MR) is 41.0 cm³/mol. The maximum Gasteiger partial charge on any atom is 0.150 e. The van der Waals surface area contributed by atoms with Gasteiger partial charge in [-0.3, -0.25) is 4.79 Å². The van der Waals surface area contributed by atoms with Crippen LogP contribution in [-0.2, 0) is 0 Å². The Balaban J connectivity index is 3.16. The first-order valence-corrected chi connectivity index (χ1v) is 3.05. The van der Waals surface area contributed by atoms with Gasteiger partial charge in [0.2, 0.25) is 0 Å². The SMILES string of the molecule is Cc1ccc(C=O)cc1N. The Morgan fingerprint density at radius 2 is 2.20 bits per heavy atom. The van der Waals surface area contributed by atoms with Crippen molar-refractivity contribution in [3.05, 3.63) is 29.3 Å². The summed E-state index contributed by atoms with van der Waals surface area (Å²) in [6.45, 7) is 1.91. The van der Waals surface area contributed by atoms with E-state index in [0.717, 1.165) is 11.8 Å². The van der Waals surface area contributed by atoms with E-state index in [1.54, 1.807) is 12.1 Å². The molecule has 0 saturated heterocycles. The van der Waals surface area contributed by atoms with Crippen molar-refractivity contribution >= 4 is 12.0 Å². The molecule has 0 fully saturated rings. The molecule has 0 amide bonds. The van der Waals surface area contributed by atoms with Crippen LogP contribution in [-0.4, -0.2) is 6.29 Å². The highest BCUT2D eigenvalue weighted by Crippen LogP contribution is 2.10. The smallest absolute Gasteiger partial charge is 0.150 e. The average molecular weight is 135 g/mol. The zero-order chi connectivity index (χ0) is 7.56. The van der Waals surface area contributed by atoms with Gasteiger partial charge in [-0.25, -0.2) is 0 Å². The molecule has 2 N–H and O–H groups in total. The number of nitrogens with two attached hydrogens (primary N) is 1. The van der Waals surface area contributed by atoms with E-state index in [2.05, 4.69) is 0 Å². The molecule has 1 aromatic rings. The van der Waals surface area contributed by atoms with Gasteiger partial charge in [-0.05, 0) is 18.6 Å². The molecule has 0 spiro atoms. The average Bonchev–Trinajstić information content (AvgIpc) is 1.95. The Bertz CT molecular complexity index is 255. The van der Waals surface area contributed by atoms with E-state index >= 15 is 0 Å². The number of hydrogen-bond acceptors (Lipinski definition) is 2. The minimum Gasteiger partial charge on any atom is -0.398 e. The molecule has 10 heavy (non-hydrogen) atoms. The number of carbonyl (C=O) groups is 1. The fraction of sp³-hybridized carbons (Fsp3) is 0.125. The van der Waals surface area contributed by atoms with Crippen LogP contribution in [0.3, 0.4) is 0 Å². The van der Waals surface area contributed by atoms with Crippen molar-refractivity contribution in [2.24, 2.45) is 0 Å². The molecule has 0 bridgehead atoms. The Morgan fingerprint density at radius 1 is 1.50 bits per heavy atom. The predicted octanol–water partition coefficient (Wildman–Crippen LogP) is 1.39. The van der Waals surface area contributed by atoms with E-state index < -0.39 is 0 Å². The van der Waals surface area contributed by atoms with Crippen molar-refractivity contribution in [3.63, 3.8) is 0 Å². The van der Waals surface area contributed by atoms with Crippen LogP contribution < -0.4 is 5.73 Å². The maximum absolute atomic E-state index is 10.2. The van der Waals surface area contributed by atoms with Gasteiger partial charge in [0.05, 0.1) is 0 Å². The normalized spacial score (nSPS) is 9.30. The van der Waals surface area contributed by atoms with Gasteiger partial charge in [-0.1, -0.05) is 12.1 Å². The standard InChI is InChI=1S/C8H9NO/c1-6-2-3-7(5-10)4-8(6)9/h2-5H,9H2,1H3. The number of nitrogen functional groups attached to an aromatic ring is 1. The molecule has 0 saturated carbocycles. The molecule has 0 atom stereocenters. The topological polar surface area (TPSA) is 43.1 Å². The highest BCUT2D eigenvalue weighted by molar-refractivity contribution is 5.77. The third kappa shape index (κ3) is 1.16. The second kappa shape index (κ2) is 2.52. The molecule has 2 nitrogen and oxygen atoms in total. The molecule has 1 aromatic carbocycles. The van der Waals surface area contributed by atoms with Crippen molar-refractivity contribution in [2.45, 2.75) is 6.92 Å². The monoisotopic (exact) mass is 135 g/mol. The van der Waals surface area contributed by atoms with E-state index in [1.807, 2.05) is 13.0 Å². The number of hydrogen-bond donors (Lipinski definition) is 1. The summed E-state index contributed by atoms with van der Waals surface area (Å²) in [5.41, 5.74) is 7.84. The Morgan fingerprint density at radius 3 is 2.70 bits per heavy atom. The third-order valence-corrected chi connectivity index (χ3v) is 1.44. The fourth-order valence-electron chi connectivity index (χ4n) is 0.732. The van der Waals surface area contributed by atoms with Crippen LogP contribution in [0.25, 0.3) is 0 Å². The quantitative estimate of drug-likeness (QED) is 0.467. The minimum atomic E-state index is 0.628. The highest BCUT2D eigenvalue weighted by atomic mass is 16.1. The summed E-state index contributed by atoms with van der Waals surface area (Å²) in [6.07, 6.45) is 0.787. The van der Waals surface area contributed by atoms with Crippen molar-refractivity contribution < 1.29 is 4.79 Å². The first-order valence-electron chi connectivity index (χ1n) is 3.05. The van der Waals surface area contributed by atoms with Gasteiger partial charge >= 0.3 is 0 Å². The van der Waals surface area contributed by atoms with Crippen LogP contribution in [0.5, 0.6) is 0 Å². The molecule has 0 aliphatic carbocycles. The van der Waals surface area contributed by atoms with E-state index in [0.29, 0.717) is 11.3 Å². The van der Waals surface area contributed by atoms with Gasteiger partial charge in [-0.2, -0.15) is 0 Å². The van der Waals surface area contributed by atoms with Gasteiger partial charge in [0.1, 0.15) is 6.29 Å². The summed E-state index contributed by atoms with van der Waals surface area (Å²) in [7, 11) is 0. The second-order valence-electron chi connectivity index (χ2n) is 2.23. The lowest BCUT2D eigenvalue weighted by molar-refractivity contribution is 0.112. The van der Waals surface area contributed by atoms with Crippen molar-refractivity contribution in [3.8, 4) is 0 Å². The number of anilines is 1. The number of aldehydes is 1. The molecule has 2 heteroatoms. The van der Waals surface area contributed by atoms with Gasteiger partial charge in [0, 0.05) is 11.3 Å². The number of rotatable bonds is 1. The van der Waals surface area contributed by atoms with E-state index in [9.17, 15) is 4.79 Å². The van der Waals surface area contributed by atoms with Gasteiger partial charge in [0.25, 0.3) is 0 Å². The molecular formula is C8H9NO. The largest absolute Gasteiger partial charge is 0.398 e. The van der Waals surface area contributed by atoms with Crippen LogP contribution >= 0.6 is 0 Å². The van der Waals surface area contributed by atoms with Crippen LogP contribution in [0.15, 0.2) is 18.2 Å². The molecule has 0 aromatic heterocycles. The Kier molecular flexibility index (Phi) is 1.71. The van der Waals surface area contributed by atoms with Crippen molar-refractivity contribution in [1.29, 1.82) is 0 Å². The number of aryl methyl sites for hydroxylation is 1. The summed E-state index contributed by atoms with van der Waals surface area (Å²) < 4.78 is 0. The summed E-state index contributed by atoms with van der Waals surface area (Å²) in [6, 6.07) is 5.25. The summed E-state index contributed by atoms with van der Waals surface area (Å²) in [5.74, 6) is 0. The molecule has 1 rings (SSSR count). The Labute approximate surface area is 59.7 Å². The first kappa shape index (κ1) is 6.81. The van der Waals surface area contributed by atoms with Crippen LogP contribution in [0, 0.1) is 6.92 Å². The van der Waals surface area contributed by atoms with Gasteiger partial charge in [0.15, 0.2) is 0 Å². The third-order valence-electron chi connectivity index (χ3n) is 1.44. The molecular weight excluding hydrogens is 126 g/mol. The van der Waals surface area contributed by atoms with Crippen molar-refractivity contribution in [1.82, 2.24) is 0 Å². The lowest BCUT2D eigenvalue weighted by atomic mass is 10.1. The van der Waals surface area contributed by atoms with E-state index in [-0.39, 0.29) is 0 Å². The molecule has 0 aliphatic heterocycles.